The van der Waals surface area contributed by atoms with Gasteiger partial charge >= 0.3 is 0 Å². The van der Waals surface area contributed by atoms with Crippen LogP contribution in [0.25, 0.3) is 0 Å². The molecule has 0 aromatic heterocycles. The molecule has 0 aromatic rings. The van der Waals surface area contributed by atoms with Gasteiger partial charge in [0.25, 0.3) is 0 Å². The van der Waals surface area contributed by atoms with E-state index in [1.807, 2.05) is 13.8 Å². The maximum atomic E-state index is 5.59. The second kappa shape index (κ2) is 5.92. The molecule has 0 aliphatic carbocycles. The van der Waals surface area contributed by atoms with Crippen molar-refractivity contribution < 1.29 is 4.74 Å². The van der Waals surface area contributed by atoms with E-state index in [0.29, 0.717) is 6.10 Å². The summed E-state index contributed by atoms with van der Waals surface area (Å²) in [4.78, 5) is 6.59. The van der Waals surface area contributed by atoms with Crippen LogP contribution in [0, 0.1) is 0 Å². The first kappa shape index (κ1) is 12.3. The van der Waals surface area contributed by atoms with Crippen LogP contribution in [0.5, 0.6) is 0 Å². The lowest BCUT2D eigenvalue weighted by atomic mass is 10.2. The minimum Gasteiger partial charge on any atom is -0.375 e. The number of nitrogens with one attached hydrogen (secondary N) is 1. The highest BCUT2D eigenvalue weighted by molar-refractivity contribution is 5.79. The molecule has 1 unspecified atom stereocenters. The highest BCUT2D eigenvalue weighted by atomic mass is 16.5. The van der Waals surface area contributed by atoms with Gasteiger partial charge in [0.1, 0.15) is 0 Å². The van der Waals surface area contributed by atoms with Crippen molar-refractivity contribution in [2.45, 2.75) is 39.3 Å². The molecule has 1 rings (SSSR count). The average Bonchev–Trinajstić information content (AvgIpc) is 2.25. The van der Waals surface area contributed by atoms with Gasteiger partial charge in [-0.15, -0.1) is 0 Å². The van der Waals surface area contributed by atoms with E-state index in [1.54, 1.807) is 0 Å². The van der Waals surface area contributed by atoms with Gasteiger partial charge in [-0.1, -0.05) is 6.92 Å². The first-order chi connectivity index (χ1) is 7.17. The molecule has 1 saturated heterocycles. The monoisotopic (exact) mass is 214 g/mol. The van der Waals surface area contributed by atoms with Gasteiger partial charge in [0.05, 0.1) is 12.7 Å². The van der Waals surface area contributed by atoms with Crippen LogP contribution in [0.1, 0.15) is 27.2 Å². The van der Waals surface area contributed by atoms with Gasteiger partial charge in [-0.25, -0.2) is 10.8 Å². The molecule has 1 aliphatic heterocycles. The van der Waals surface area contributed by atoms with Crippen molar-refractivity contribution in [1.82, 2.24) is 10.3 Å². The third-order valence-electron chi connectivity index (χ3n) is 2.40. The van der Waals surface area contributed by atoms with E-state index < -0.39 is 0 Å². The van der Waals surface area contributed by atoms with Crippen molar-refractivity contribution in [3.8, 4) is 0 Å². The summed E-state index contributed by atoms with van der Waals surface area (Å²) in [6.45, 7) is 8.67. The number of guanidine groups is 1. The van der Waals surface area contributed by atoms with Crippen LogP contribution in [-0.2, 0) is 4.74 Å². The van der Waals surface area contributed by atoms with Crippen LogP contribution in [0.4, 0.5) is 0 Å². The number of morpholine rings is 1. The fourth-order valence-corrected chi connectivity index (χ4v) is 1.61. The minimum atomic E-state index is 0.249. The number of nitrogens with two attached hydrogens (primary N) is 1. The Morgan fingerprint density at radius 3 is 2.93 bits per heavy atom. The molecular weight excluding hydrogens is 192 g/mol. The second-order valence-corrected chi connectivity index (χ2v) is 4.04. The molecule has 88 valence electrons. The Balaban J connectivity index is 2.60. The minimum absolute atomic E-state index is 0.249. The van der Waals surface area contributed by atoms with Gasteiger partial charge in [-0.2, -0.15) is 0 Å². The molecule has 1 fully saturated rings. The normalized spacial score (nSPS) is 23.4. The molecule has 1 atom stereocenters. The summed E-state index contributed by atoms with van der Waals surface area (Å²) in [7, 11) is 0. The number of nitrogens with zero attached hydrogens (tertiary/aromatic N) is 2. The lowest BCUT2D eigenvalue weighted by molar-refractivity contribution is -0.00816. The molecule has 0 aromatic carbocycles. The van der Waals surface area contributed by atoms with Crippen LogP contribution in [-0.4, -0.2) is 42.7 Å². The zero-order valence-corrected chi connectivity index (χ0v) is 9.86. The number of rotatable bonds is 2. The lowest BCUT2D eigenvalue weighted by Gasteiger charge is -2.34. The van der Waals surface area contributed by atoms with Gasteiger partial charge < -0.3 is 9.64 Å². The molecule has 15 heavy (non-hydrogen) atoms. The largest absolute Gasteiger partial charge is 0.375 e. The molecule has 0 amide bonds. The highest BCUT2D eigenvalue weighted by Gasteiger charge is 2.21. The lowest BCUT2D eigenvalue weighted by Crippen LogP contribution is -2.52. The Morgan fingerprint density at radius 1 is 1.67 bits per heavy atom. The number of hydrazine groups is 1. The molecule has 5 nitrogen and oxygen atoms in total. The van der Waals surface area contributed by atoms with Crippen molar-refractivity contribution in [3.63, 3.8) is 0 Å². The van der Waals surface area contributed by atoms with E-state index in [0.717, 1.165) is 32.1 Å². The molecule has 3 N–H and O–H groups in total. The van der Waals surface area contributed by atoms with Gasteiger partial charge in [-0.3, -0.25) is 5.43 Å². The zero-order valence-electron chi connectivity index (χ0n) is 9.86. The van der Waals surface area contributed by atoms with E-state index in [2.05, 4.69) is 22.2 Å². The Hall–Kier alpha value is -0.810. The predicted octanol–water partition coefficient (Wildman–Crippen LogP) is 0.325. The zero-order chi connectivity index (χ0) is 11.3. The summed E-state index contributed by atoms with van der Waals surface area (Å²) in [5.74, 6) is 6.25. The standard InChI is InChI=1S/C10H22N4O/c1-4-9-7-14(5-6-15-9)10(13-11)12-8(2)3/h8-9H,4-7,11H2,1-3H3,(H,12,13). The van der Waals surface area contributed by atoms with E-state index in [9.17, 15) is 0 Å². The number of hydrogen-bond donors (Lipinski definition) is 2. The van der Waals surface area contributed by atoms with Crippen LogP contribution in [0.2, 0.25) is 0 Å². The Kier molecular flexibility index (Phi) is 4.84. The van der Waals surface area contributed by atoms with Crippen molar-refractivity contribution in [2.24, 2.45) is 10.8 Å². The summed E-state index contributed by atoms with van der Waals surface area (Å²) < 4.78 is 5.59. The van der Waals surface area contributed by atoms with Crippen LogP contribution < -0.4 is 11.3 Å². The van der Waals surface area contributed by atoms with E-state index in [1.165, 1.54) is 0 Å². The Morgan fingerprint density at radius 2 is 2.40 bits per heavy atom. The SMILES string of the molecule is CCC1CN(C(=NC(C)C)NN)CCO1. The van der Waals surface area contributed by atoms with Crippen LogP contribution in [0.3, 0.4) is 0 Å². The Bertz CT molecular complexity index is 217. The third kappa shape index (κ3) is 3.68. The van der Waals surface area contributed by atoms with Crippen molar-refractivity contribution in [3.05, 3.63) is 0 Å². The van der Waals surface area contributed by atoms with Crippen LogP contribution >= 0.6 is 0 Å². The van der Waals surface area contributed by atoms with Crippen molar-refractivity contribution in [2.75, 3.05) is 19.7 Å². The fraction of sp³-hybridized carbons (Fsp3) is 0.900. The summed E-state index contributed by atoms with van der Waals surface area (Å²) in [5, 5.41) is 0. The summed E-state index contributed by atoms with van der Waals surface area (Å²) in [6, 6.07) is 0.249. The number of aliphatic imine (C=N–C) groups is 1. The van der Waals surface area contributed by atoms with Crippen LogP contribution in [0.15, 0.2) is 4.99 Å². The van der Waals surface area contributed by atoms with E-state index in [4.69, 9.17) is 10.6 Å². The molecule has 1 aliphatic rings. The quantitative estimate of drug-likeness (QED) is 0.301. The van der Waals surface area contributed by atoms with E-state index in [-0.39, 0.29) is 6.04 Å². The molecule has 0 saturated carbocycles. The van der Waals surface area contributed by atoms with Gasteiger partial charge in [0.15, 0.2) is 0 Å². The van der Waals surface area contributed by atoms with Gasteiger partial charge in [-0.05, 0) is 20.3 Å². The van der Waals surface area contributed by atoms with Crippen molar-refractivity contribution >= 4 is 5.96 Å². The smallest absolute Gasteiger partial charge is 0.208 e. The summed E-state index contributed by atoms with van der Waals surface area (Å²) in [5.41, 5.74) is 2.67. The molecule has 0 spiro atoms. The Labute approximate surface area is 91.6 Å². The number of ether oxygens (including phenoxy) is 1. The fourth-order valence-electron chi connectivity index (χ4n) is 1.61. The van der Waals surface area contributed by atoms with Gasteiger partial charge in [0, 0.05) is 19.1 Å². The average molecular weight is 214 g/mol. The first-order valence-corrected chi connectivity index (χ1v) is 5.58. The maximum absolute atomic E-state index is 5.59. The molecule has 5 heteroatoms. The summed E-state index contributed by atoms with van der Waals surface area (Å²) >= 11 is 0. The molecular formula is C10H22N4O. The molecule has 0 radical (unpaired) electrons. The predicted molar refractivity (Wildman–Crippen MR) is 61.5 cm³/mol. The summed E-state index contributed by atoms with van der Waals surface area (Å²) in [6.07, 6.45) is 1.32. The second-order valence-electron chi connectivity index (χ2n) is 4.04. The number of hydrogen-bond acceptors (Lipinski definition) is 3. The van der Waals surface area contributed by atoms with Crippen molar-refractivity contribution in [1.29, 1.82) is 0 Å². The molecule has 1 heterocycles. The third-order valence-corrected chi connectivity index (χ3v) is 2.40. The topological polar surface area (TPSA) is 62.9 Å². The first-order valence-electron chi connectivity index (χ1n) is 5.58. The van der Waals surface area contributed by atoms with E-state index >= 15 is 0 Å². The highest BCUT2D eigenvalue weighted by Crippen LogP contribution is 2.08. The molecule has 0 bridgehead atoms. The maximum Gasteiger partial charge on any atom is 0.208 e. The van der Waals surface area contributed by atoms with Gasteiger partial charge in [0.2, 0.25) is 5.96 Å².